The molecule has 4 nitrogen and oxygen atoms in total. The first kappa shape index (κ1) is 34.4. The zero-order chi connectivity index (χ0) is 31.6. The number of rotatable bonds is 5. The molecule has 1 radical (unpaired) electrons. The molecule has 0 unspecified atom stereocenters. The smallest absolute Gasteiger partial charge is 0.216 e. The molecule has 0 saturated heterocycles. The summed E-state index contributed by atoms with van der Waals surface area (Å²) in [4.78, 5) is 13.8. The van der Waals surface area contributed by atoms with Crippen LogP contribution in [0.15, 0.2) is 83.5 Å². The van der Waals surface area contributed by atoms with Crippen LogP contribution >= 0.6 is 0 Å². The Balaban J connectivity index is 0.000000201. The van der Waals surface area contributed by atoms with E-state index in [0.717, 1.165) is 56.5 Å². The molecule has 4 aromatic heterocycles. The number of aryl methyl sites for hydroxylation is 1. The molecule has 0 aliphatic heterocycles. The van der Waals surface area contributed by atoms with Gasteiger partial charge in [-0.05, 0) is 59.5 Å². The first-order valence-electron chi connectivity index (χ1n) is 15.4. The number of furan rings is 1. The van der Waals surface area contributed by atoms with Crippen molar-refractivity contribution in [2.75, 3.05) is 0 Å². The molecule has 235 valence electrons. The third-order valence-corrected chi connectivity index (χ3v) is 9.65. The average Bonchev–Trinajstić information content (AvgIpc) is 3.34. The van der Waals surface area contributed by atoms with Gasteiger partial charge in [0.25, 0.3) is 0 Å². The van der Waals surface area contributed by atoms with Gasteiger partial charge < -0.3 is 14.4 Å². The number of hydrogen-bond donors (Lipinski definition) is 0. The summed E-state index contributed by atoms with van der Waals surface area (Å²) in [6, 6.07) is 29.1. The predicted molar refractivity (Wildman–Crippen MR) is 187 cm³/mol. The Kier molecular flexibility index (Phi) is 10.6. The standard InChI is InChI=1S/C20H17N2O.C19H26NSi.Ir/c1-12(2)17-8-7-15-14-5-4-6-16(19(14)23-20(15)22-17)18-11-13(3)9-10-21-18;1-19(2,3)13-16-12-17(15-10-8-7-9-11-15)20-14-18(16)21(4,5)6;/h4-5,7-12H,1-3H3;7-10,12,14H,13H2,1-6H3;/q2*-1;. The van der Waals surface area contributed by atoms with Gasteiger partial charge in [-0.2, -0.15) is 0 Å². The van der Waals surface area contributed by atoms with Gasteiger partial charge in [-0.3, -0.25) is 0 Å². The largest absolute Gasteiger partial charge is 0.486 e. The molecule has 6 aromatic rings. The molecule has 45 heavy (non-hydrogen) atoms. The maximum atomic E-state index is 6.09. The number of pyridine rings is 3. The summed E-state index contributed by atoms with van der Waals surface area (Å²) in [6.07, 6.45) is 5.02. The van der Waals surface area contributed by atoms with Crippen LogP contribution in [0.2, 0.25) is 19.6 Å². The molecule has 0 aliphatic carbocycles. The van der Waals surface area contributed by atoms with Gasteiger partial charge >= 0.3 is 0 Å². The van der Waals surface area contributed by atoms with Crippen LogP contribution in [0.25, 0.3) is 44.6 Å². The van der Waals surface area contributed by atoms with Gasteiger partial charge in [-0.15, -0.1) is 54.1 Å². The van der Waals surface area contributed by atoms with Crippen LogP contribution in [0.3, 0.4) is 0 Å². The molecule has 0 spiro atoms. The number of fused-ring (bicyclic) bond motifs is 3. The minimum Gasteiger partial charge on any atom is -0.486 e. The summed E-state index contributed by atoms with van der Waals surface area (Å²) in [5, 5.41) is 3.57. The van der Waals surface area contributed by atoms with Gasteiger partial charge in [-0.25, -0.2) is 4.98 Å². The average molecular weight is 790 g/mol. The van der Waals surface area contributed by atoms with Crippen LogP contribution in [-0.4, -0.2) is 23.0 Å². The van der Waals surface area contributed by atoms with E-state index in [-0.39, 0.29) is 25.5 Å². The SMILES string of the molecule is CC(C)(C)Cc1cc(-c2[c-]cccc2)ncc1[Si](C)(C)C.Cc1ccnc(-c2[c-]ccc3c2oc2nc(C(C)C)ccc23)c1.[Ir]. The minimum atomic E-state index is -1.37. The quantitative estimate of drug-likeness (QED) is 0.129. The van der Waals surface area contributed by atoms with E-state index in [1.165, 1.54) is 10.8 Å². The van der Waals surface area contributed by atoms with Crippen molar-refractivity contribution in [1.29, 1.82) is 0 Å². The molecule has 0 atom stereocenters. The van der Waals surface area contributed by atoms with E-state index in [4.69, 9.17) is 9.40 Å². The molecule has 2 aromatic carbocycles. The van der Waals surface area contributed by atoms with Crippen molar-refractivity contribution in [3.8, 4) is 22.5 Å². The topological polar surface area (TPSA) is 51.8 Å². The fourth-order valence-electron chi connectivity index (χ4n) is 5.41. The van der Waals surface area contributed by atoms with Crippen molar-refractivity contribution in [3.63, 3.8) is 0 Å². The van der Waals surface area contributed by atoms with Gasteiger partial charge in [0.2, 0.25) is 5.71 Å². The van der Waals surface area contributed by atoms with Gasteiger partial charge in [0.1, 0.15) is 0 Å². The number of hydrogen-bond acceptors (Lipinski definition) is 4. The Morgan fingerprint density at radius 3 is 2.29 bits per heavy atom. The van der Waals surface area contributed by atoms with Crippen LogP contribution in [0, 0.1) is 24.5 Å². The first-order valence-corrected chi connectivity index (χ1v) is 18.9. The van der Waals surface area contributed by atoms with Gasteiger partial charge in [0, 0.05) is 43.6 Å². The van der Waals surface area contributed by atoms with Crippen molar-refractivity contribution in [1.82, 2.24) is 15.0 Å². The summed E-state index contributed by atoms with van der Waals surface area (Å²) >= 11 is 0. The fourth-order valence-corrected chi connectivity index (χ4v) is 6.99. The van der Waals surface area contributed by atoms with E-state index in [1.54, 1.807) is 0 Å². The molecule has 0 saturated carbocycles. The molecule has 4 heterocycles. The molecule has 6 heteroatoms. The number of aromatic nitrogens is 3. The van der Waals surface area contributed by atoms with Gasteiger partial charge in [0.15, 0.2) is 0 Å². The third-order valence-electron chi connectivity index (χ3n) is 7.59. The third kappa shape index (κ3) is 8.24. The summed E-state index contributed by atoms with van der Waals surface area (Å²) in [5.74, 6) is 0.372. The van der Waals surface area contributed by atoms with Crippen molar-refractivity contribution in [3.05, 3.63) is 108 Å². The Morgan fingerprint density at radius 1 is 0.867 bits per heavy atom. The van der Waals surface area contributed by atoms with Gasteiger partial charge in [0.05, 0.1) is 13.7 Å². The Labute approximate surface area is 283 Å². The van der Waals surface area contributed by atoms with E-state index in [1.807, 2.05) is 48.7 Å². The minimum absolute atomic E-state index is 0. The second-order valence-corrected chi connectivity index (χ2v) is 19.2. The Morgan fingerprint density at radius 2 is 1.64 bits per heavy atom. The van der Waals surface area contributed by atoms with E-state index in [2.05, 4.69) is 114 Å². The summed E-state index contributed by atoms with van der Waals surface area (Å²) < 4.78 is 6.09. The predicted octanol–water partition coefficient (Wildman–Crippen LogP) is 9.96. The molecule has 0 amide bonds. The van der Waals surface area contributed by atoms with Crippen molar-refractivity contribution < 1.29 is 24.5 Å². The monoisotopic (exact) mass is 790 g/mol. The maximum Gasteiger partial charge on any atom is 0.216 e. The van der Waals surface area contributed by atoms with E-state index in [9.17, 15) is 0 Å². The molecular formula is C39H43IrN3OSi-2. The van der Waals surface area contributed by atoms with Crippen LogP contribution in [-0.2, 0) is 26.5 Å². The number of benzene rings is 2. The van der Waals surface area contributed by atoms with Crippen LogP contribution in [0.5, 0.6) is 0 Å². The van der Waals surface area contributed by atoms with E-state index in [0.29, 0.717) is 11.6 Å². The molecular weight excluding hydrogens is 747 g/mol. The van der Waals surface area contributed by atoms with E-state index < -0.39 is 8.07 Å². The van der Waals surface area contributed by atoms with Gasteiger partial charge in [-0.1, -0.05) is 88.5 Å². The summed E-state index contributed by atoms with van der Waals surface area (Å²) in [6.45, 7) is 20.4. The second-order valence-electron chi connectivity index (χ2n) is 14.1. The zero-order valence-electron chi connectivity index (χ0n) is 27.9. The molecule has 6 rings (SSSR count). The van der Waals surface area contributed by atoms with Crippen LogP contribution in [0.1, 0.15) is 57.4 Å². The Bertz CT molecular complexity index is 1900. The van der Waals surface area contributed by atoms with Crippen molar-refractivity contribution in [2.45, 2.75) is 73.5 Å². The molecule has 0 bridgehead atoms. The Hall–Kier alpha value is -3.44. The van der Waals surface area contributed by atoms with Crippen LogP contribution < -0.4 is 5.19 Å². The summed E-state index contributed by atoms with van der Waals surface area (Å²) in [7, 11) is -1.37. The maximum absolute atomic E-state index is 6.09. The molecule has 0 fully saturated rings. The molecule has 0 aliphatic rings. The normalized spacial score (nSPS) is 11.8. The van der Waals surface area contributed by atoms with Crippen molar-refractivity contribution in [2.24, 2.45) is 5.41 Å². The zero-order valence-corrected chi connectivity index (χ0v) is 31.3. The summed E-state index contributed by atoms with van der Waals surface area (Å²) in [5.41, 5.74) is 9.30. The first-order chi connectivity index (χ1) is 20.8. The second kappa shape index (κ2) is 13.9. The number of nitrogens with zero attached hydrogens (tertiary/aromatic N) is 3. The molecule has 0 N–H and O–H groups in total. The van der Waals surface area contributed by atoms with Crippen molar-refractivity contribution >= 4 is 35.3 Å². The fraction of sp³-hybridized carbons (Fsp3) is 0.308. The van der Waals surface area contributed by atoms with Crippen LogP contribution in [0.4, 0.5) is 0 Å². The van der Waals surface area contributed by atoms with E-state index >= 15 is 0 Å².